The highest BCUT2D eigenvalue weighted by Gasteiger charge is 2.21. The van der Waals surface area contributed by atoms with Crippen molar-refractivity contribution < 1.29 is 14.3 Å². The van der Waals surface area contributed by atoms with Gasteiger partial charge in [0, 0.05) is 25.0 Å². The lowest BCUT2D eigenvalue weighted by molar-refractivity contribution is -0.135. The first kappa shape index (κ1) is 23.0. The predicted octanol–water partition coefficient (Wildman–Crippen LogP) is 3.66. The molecule has 2 N–H and O–H groups in total. The fraction of sp³-hybridized carbons (Fsp3) is 0.619. The van der Waals surface area contributed by atoms with Crippen molar-refractivity contribution in [1.82, 2.24) is 15.8 Å². The first-order chi connectivity index (χ1) is 12.6. The lowest BCUT2D eigenvalue weighted by Gasteiger charge is -2.26. The van der Waals surface area contributed by atoms with Gasteiger partial charge < -0.3 is 10.1 Å². The molecule has 6 nitrogen and oxygen atoms in total. The lowest BCUT2D eigenvalue weighted by Crippen LogP contribution is -2.47. The van der Waals surface area contributed by atoms with Crippen LogP contribution in [0.5, 0.6) is 0 Å². The molecule has 0 aromatic heterocycles. The number of rotatable bonds is 9. The number of hydrogen-bond acceptors (Lipinski definition) is 4. The molecule has 0 radical (unpaired) electrons. The topological polar surface area (TPSA) is 70.7 Å². The van der Waals surface area contributed by atoms with E-state index in [1.54, 1.807) is 5.01 Å². The molecule has 0 aliphatic carbocycles. The third-order valence-corrected chi connectivity index (χ3v) is 3.78. The average molecular weight is 378 g/mol. The second-order valence-corrected chi connectivity index (χ2v) is 7.99. The standard InChI is InChI=1S/C21H35N3O3/c1-7-24(23-16(2)3)19(25)14-13-18(15-17-11-9-8-10-12-17)22-20(26)27-21(4,5)6/h8-12,16,18,23H,7,13-15H2,1-6H3,(H,22,26). The van der Waals surface area contributed by atoms with E-state index in [4.69, 9.17) is 4.74 Å². The van der Waals surface area contributed by atoms with Gasteiger partial charge in [-0.15, -0.1) is 0 Å². The number of nitrogens with one attached hydrogen (secondary N) is 2. The second kappa shape index (κ2) is 10.9. The van der Waals surface area contributed by atoms with E-state index >= 15 is 0 Å². The number of amides is 2. The lowest BCUT2D eigenvalue weighted by atomic mass is 10.0. The van der Waals surface area contributed by atoms with Crippen molar-refractivity contribution in [2.24, 2.45) is 0 Å². The SMILES string of the molecule is CCN(NC(C)C)C(=O)CCC(Cc1ccccc1)NC(=O)OC(C)(C)C. The van der Waals surface area contributed by atoms with E-state index in [1.807, 2.05) is 71.9 Å². The van der Waals surface area contributed by atoms with Crippen LogP contribution in [0.25, 0.3) is 0 Å². The Morgan fingerprint density at radius 1 is 1.15 bits per heavy atom. The highest BCUT2D eigenvalue weighted by atomic mass is 16.6. The zero-order chi connectivity index (χ0) is 20.4. The molecule has 1 rings (SSSR count). The van der Waals surface area contributed by atoms with Crippen LogP contribution in [0.1, 0.15) is 59.9 Å². The molecule has 0 saturated heterocycles. The summed E-state index contributed by atoms with van der Waals surface area (Å²) in [5, 5.41) is 4.56. The molecule has 6 heteroatoms. The van der Waals surface area contributed by atoms with Crippen LogP contribution in [0.4, 0.5) is 4.79 Å². The van der Waals surface area contributed by atoms with E-state index in [1.165, 1.54) is 0 Å². The smallest absolute Gasteiger partial charge is 0.407 e. The van der Waals surface area contributed by atoms with Crippen LogP contribution in [-0.2, 0) is 16.0 Å². The number of hydrogen-bond donors (Lipinski definition) is 2. The Hall–Kier alpha value is -2.08. The number of carbonyl (C=O) groups is 2. The number of hydrazine groups is 1. The Morgan fingerprint density at radius 3 is 2.30 bits per heavy atom. The number of alkyl carbamates (subject to hydrolysis) is 1. The maximum absolute atomic E-state index is 12.5. The van der Waals surface area contributed by atoms with E-state index in [0.717, 1.165) is 5.56 Å². The van der Waals surface area contributed by atoms with Crippen molar-refractivity contribution in [2.45, 2.75) is 78.5 Å². The molecule has 27 heavy (non-hydrogen) atoms. The monoisotopic (exact) mass is 377 g/mol. The largest absolute Gasteiger partial charge is 0.444 e. The summed E-state index contributed by atoms with van der Waals surface area (Å²) in [6, 6.07) is 9.94. The molecule has 0 aliphatic rings. The van der Waals surface area contributed by atoms with Gasteiger partial charge >= 0.3 is 6.09 Å². The third-order valence-electron chi connectivity index (χ3n) is 3.78. The zero-order valence-corrected chi connectivity index (χ0v) is 17.5. The minimum absolute atomic E-state index is 0.0234. The van der Waals surface area contributed by atoms with Crippen molar-refractivity contribution in [1.29, 1.82) is 0 Å². The second-order valence-electron chi connectivity index (χ2n) is 7.99. The summed E-state index contributed by atoms with van der Waals surface area (Å²) in [6.07, 6.45) is 1.09. The summed E-state index contributed by atoms with van der Waals surface area (Å²) in [5.41, 5.74) is 3.70. The number of benzene rings is 1. The van der Waals surface area contributed by atoms with Gasteiger partial charge in [-0.1, -0.05) is 30.3 Å². The van der Waals surface area contributed by atoms with Gasteiger partial charge in [0.05, 0.1) is 0 Å². The Labute approximate surface area is 163 Å². The normalized spacial score (nSPS) is 12.6. The van der Waals surface area contributed by atoms with Gasteiger partial charge in [-0.2, -0.15) is 0 Å². The molecule has 0 saturated carbocycles. The van der Waals surface area contributed by atoms with Crippen LogP contribution in [0.3, 0.4) is 0 Å². The van der Waals surface area contributed by atoms with Crippen molar-refractivity contribution in [3.63, 3.8) is 0 Å². The molecule has 0 spiro atoms. The van der Waals surface area contributed by atoms with Crippen LogP contribution < -0.4 is 10.7 Å². The van der Waals surface area contributed by atoms with Crippen molar-refractivity contribution >= 4 is 12.0 Å². The maximum Gasteiger partial charge on any atom is 0.407 e. The molecule has 2 amide bonds. The first-order valence-electron chi connectivity index (χ1n) is 9.70. The summed E-state index contributed by atoms with van der Waals surface area (Å²) in [7, 11) is 0. The Bertz CT molecular complexity index is 582. The van der Waals surface area contributed by atoms with Crippen LogP contribution in [0, 0.1) is 0 Å². The predicted molar refractivity (Wildman–Crippen MR) is 108 cm³/mol. The van der Waals surface area contributed by atoms with E-state index in [9.17, 15) is 9.59 Å². The summed E-state index contributed by atoms with van der Waals surface area (Å²) in [4.78, 5) is 24.7. The molecular formula is C21H35N3O3. The fourth-order valence-electron chi connectivity index (χ4n) is 2.68. The summed E-state index contributed by atoms with van der Waals surface area (Å²) in [5.74, 6) is 0.0234. The van der Waals surface area contributed by atoms with E-state index < -0.39 is 11.7 Å². The van der Waals surface area contributed by atoms with Gasteiger partial charge in [-0.05, 0) is 59.9 Å². The van der Waals surface area contributed by atoms with Crippen molar-refractivity contribution in [2.75, 3.05) is 6.54 Å². The number of carbonyl (C=O) groups excluding carboxylic acids is 2. The number of ether oxygens (including phenoxy) is 1. The van der Waals surface area contributed by atoms with Crippen LogP contribution in [0.2, 0.25) is 0 Å². The molecular weight excluding hydrogens is 342 g/mol. The van der Waals surface area contributed by atoms with Crippen LogP contribution in [0.15, 0.2) is 30.3 Å². The summed E-state index contributed by atoms with van der Waals surface area (Å²) < 4.78 is 5.38. The van der Waals surface area contributed by atoms with E-state index in [0.29, 0.717) is 25.8 Å². The molecule has 0 aliphatic heterocycles. The average Bonchev–Trinajstić information content (AvgIpc) is 2.56. The van der Waals surface area contributed by atoms with Crippen molar-refractivity contribution in [3.8, 4) is 0 Å². The summed E-state index contributed by atoms with van der Waals surface area (Å²) >= 11 is 0. The Kier molecular flexibility index (Phi) is 9.29. The van der Waals surface area contributed by atoms with Gasteiger partial charge in [0.2, 0.25) is 5.91 Å². The van der Waals surface area contributed by atoms with Gasteiger partial charge in [-0.25, -0.2) is 10.2 Å². The molecule has 1 unspecified atom stereocenters. The number of nitrogens with zero attached hydrogens (tertiary/aromatic N) is 1. The fourth-order valence-corrected chi connectivity index (χ4v) is 2.68. The highest BCUT2D eigenvalue weighted by molar-refractivity contribution is 5.75. The maximum atomic E-state index is 12.5. The molecule has 152 valence electrons. The molecule has 1 aromatic carbocycles. The minimum Gasteiger partial charge on any atom is -0.444 e. The van der Waals surface area contributed by atoms with Gasteiger partial charge in [0.15, 0.2) is 0 Å². The third kappa shape index (κ3) is 9.99. The van der Waals surface area contributed by atoms with E-state index in [-0.39, 0.29) is 18.0 Å². The van der Waals surface area contributed by atoms with Gasteiger partial charge in [0.25, 0.3) is 0 Å². The minimum atomic E-state index is -0.558. The quantitative estimate of drug-likeness (QED) is 0.644. The first-order valence-corrected chi connectivity index (χ1v) is 9.70. The van der Waals surface area contributed by atoms with Crippen LogP contribution >= 0.6 is 0 Å². The van der Waals surface area contributed by atoms with Crippen LogP contribution in [-0.4, -0.2) is 41.2 Å². The van der Waals surface area contributed by atoms with Gasteiger partial charge in [-0.3, -0.25) is 9.80 Å². The molecule has 0 heterocycles. The Morgan fingerprint density at radius 2 is 1.78 bits per heavy atom. The molecule has 1 aromatic rings. The molecule has 0 fully saturated rings. The molecule has 1 atom stereocenters. The zero-order valence-electron chi connectivity index (χ0n) is 17.5. The Balaban J connectivity index is 2.72. The van der Waals surface area contributed by atoms with Crippen molar-refractivity contribution in [3.05, 3.63) is 35.9 Å². The summed E-state index contributed by atoms with van der Waals surface area (Å²) in [6.45, 7) is 12.0. The van der Waals surface area contributed by atoms with Gasteiger partial charge in [0.1, 0.15) is 5.60 Å². The van der Waals surface area contributed by atoms with E-state index in [2.05, 4.69) is 10.7 Å². The highest BCUT2D eigenvalue weighted by Crippen LogP contribution is 2.12. The molecule has 0 bridgehead atoms.